The molecule has 0 saturated heterocycles. The molecule has 0 spiro atoms. The lowest BCUT2D eigenvalue weighted by Gasteiger charge is -2.22. The third-order valence-corrected chi connectivity index (χ3v) is 3.39. The molecule has 0 radical (unpaired) electrons. The molecule has 1 aliphatic heterocycles. The van der Waals surface area contributed by atoms with E-state index in [9.17, 15) is 28.3 Å². The van der Waals surface area contributed by atoms with Crippen LogP contribution < -0.4 is 0 Å². The number of aliphatic carboxylic acids is 1. The van der Waals surface area contributed by atoms with Gasteiger partial charge in [0.25, 0.3) is 11.8 Å². The number of carboxylic acids is 1. The zero-order chi connectivity index (χ0) is 15.7. The van der Waals surface area contributed by atoms with Crippen LogP contribution in [0.5, 0.6) is 0 Å². The highest BCUT2D eigenvalue weighted by atomic mass is 19.2. The maximum atomic E-state index is 13.2. The smallest absolute Gasteiger partial charge is 0.326 e. The molecule has 2 rings (SSSR count). The Labute approximate surface area is 119 Å². The van der Waals surface area contributed by atoms with Crippen molar-refractivity contribution in [3.05, 3.63) is 34.9 Å². The molecule has 1 aromatic rings. The number of rotatable bonds is 5. The van der Waals surface area contributed by atoms with Gasteiger partial charge in [0, 0.05) is 0 Å². The number of amides is 2. The summed E-state index contributed by atoms with van der Waals surface area (Å²) in [6, 6.07) is -0.0729. The molecule has 0 aliphatic carbocycles. The van der Waals surface area contributed by atoms with E-state index >= 15 is 0 Å². The maximum Gasteiger partial charge on any atom is 0.326 e. The van der Waals surface area contributed by atoms with Gasteiger partial charge in [-0.15, -0.1) is 0 Å². The van der Waals surface area contributed by atoms with E-state index in [1.165, 1.54) is 0 Å². The summed E-state index contributed by atoms with van der Waals surface area (Å²) in [6.07, 6.45) is 1.30. The van der Waals surface area contributed by atoms with Gasteiger partial charge in [-0.05, 0) is 18.6 Å². The Morgan fingerprint density at radius 2 is 1.67 bits per heavy atom. The molecule has 0 aromatic heterocycles. The van der Waals surface area contributed by atoms with Gasteiger partial charge in [-0.1, -0.05) is 19.8 Å². The second-order valence-electron chi connectivity index (χ2n) is 4.79. The Morgan fingerprint density at radius 1 is 1.19 bits per heavy atom. The van der Waals surface area contributed by atoms with Gasteiger partial charge in [-0.25, -0.2) is 13.6 Å². The Balaban J connectivity index is 2.42. The second kappa shape index (κ2) is 5.59. The first-order valence-corrected chi connectivity index (χ1v) is 6.48. The van der Waals surface area contributed by atoms with Crippen LogP contribution >= 0.6 is 0 Å². The number of benzene rings is 1. The highest BCUT2D eigenvalue weighted by Gasteiger charge is 2.43. The summed E-state index contributed by atoms with van der Waals surface area (Å²) in [4.78, 5) is 36.1. The minimum atomic E-state index is -1.33. The van der Waals surface area contributed by atoms with Crippen molar-refractivity contribution in [2.75, 3.05) is 0 Å². The van der Waals surface area contributed by atoms with E-state index in [2.05, 4.69) is 0 Å². The highest BCUT2D eigenvalue weighted by Crippen LogP contribution is 2.28. The third-order valence-electron chi connectivity index (χ3n) is 3.39. The fourth-order valence-electron chi connectivity index (χ4n) is 2.30. The number of carboxylic acid groups (broad SMARTS) is 1. The van der Waals surface area contributed by atoms with E-state index < -0.39 is 35.5 Å². The Bertz CT molecular complexity index is 589. The van der Waals surface area contributed by atoms with Crippen LogP contribution in [-0.2, 0) is 4.79 Å². The van der Waals surface area contributed by atoms with Gasteiger partial charge in [0.15, 0.2) is 11.6 Å². The molecule has 1 aliphatic rings. The SMILES string of the molecule is CCCCC(C(=O)O)N1C(=O)c2cc(F)c(F)cc2C1=O. The van der Waals surface area contributed by atoms with Gasteiger partial charge in [0.1, 0.15) is 6.04 Å². The van der Waals surface area contributed by atoms with Crippen LogP contribution in [0.15, 0.2) is 12.1 Å². The number of halogens is 2. The zero-order valence-corrected chi connectivity index (χ0v) is 11.2. The fourth-order valence-corrected chi connectivity index (χ4v) is 2.30. The number of imide groups is 1. The topological polar surface area (TPSA) is 74.7 Å². The van der Waals surface area contributed by atoms with Gasteiger partial charge in [-0.3, -0.25) is 14.5 Å². The van der Waals surface area contributed by atoms with Gasteiger partial charge < -0.3 is 5.11 Å². The van der Waals surface area contributed by atoms with Crippen LogP contribution in [0.2, 0.25) is 0 Å². The van der Waals surface area contributed by atoms with Crippen LogP contribution in [0.4, 0.5) is 8.78 Å². The molecule has 2 amide bonds. The van der Waals surface area contributed by atoms with Gasteiger partial charge >= 0.3 is 5.97 Å². The normalized spacial score (nSPS) is 15.3. The number of unbranched alkanes of at least 4 members (excludes halogenated alkanes) is 1. The molecule has 1 N–H and O–H groups in total. The summed E-state index contributed by atoms with van der Waals surface area (Å²) in [7, 11) is 0. The van der Waals surface area contributed by atoms with Crippen LogP contribution in [0.25, 0.3) is 0 Å². The van der Waals surface area contributed by atoms with Crippen LogP contribution in [0, 0.1) is 11.6 Å². The molecular weight excluding hydrogens is 284 g/mol. The Morgan fingerprint density at radius 3 is 2.05 bits per heavy atom. The van der Waals surface area contributed by atoms with E-state index in [4.69, 9.17) is 0 Å². The van der Waals surface area contributed by atoms with E-state index in [-0.39, 0.29) is 17.5 Å². The number of carbonyl (C=O) groups is 3. The molecule has 0 bridgehead atoms. The first-order chi connectivity index (χ1) is 9.88. The molecule has 0 fully saturated rings. The minimum Gasteiger partial charge on any atom is -0.480 e. The number of nitrogens with zero attached hydrogens (tertiary/aromatic N) is 1. The number of hydrogen-bond acceptors (Lipinski definition) is 3. The van der Waals surface area contributed by atoms with Crippen molar-refractivity contribution in [2.24, 2.45) is 0 Å². The Hall–Kier alpha value is -2.31. The van der Waals surface area contributed by atoms with E-state index in [1.54, 1.807) is 0 Å². The van der Waals surface area contributed by atoms with E-state index in [1.807, 2.05) is 6.92 Å². The molecule has 21 heavy (non-hydrogen) atoms. The average molecular weight is 297 g/mol. The first-order valence-electron chi connectivity index (χ1n) is 6.48. The molecule has 112 valence electrons. The van der Waals surface area contributed by atoms with Crippen molar-refractivity contribution in [3.63, 3.8) is 0 Å². The molecule has 1 unspecified atom stereocenters. The number of fused-ring (bicyclic) bond motifs is 1. The molecule has 7 heteroatoms. The molecular formula is C14H13F2NO4. The van der Waals surface area contributed by atoms with Gasteiger partial charge in [0.2, 0.25) is 0 Å². The van der Waals surface area contributed by atoms with Gasteiger partial charge in [0.05, 0.1) is 11.1 Å². The molecule has 1 aromatic carbocycles. The van der Waals surface area contributed by atoms with Crippen molar-refractivity contribution in [2.45, 2.75) is 32.2 Å². The lowest BCUT2D eigenvalue weighted by molar-refractivity contribution is -0.141. The van der Waals surface area contributed by atoms with E-state index in [0.717, 1.165) is 0 Å². The van der Waals surface area contributed by atoms with Gasteiger partial charge in [-0.2, -0.15) is 0 Å². The summed E-state index contributed by atoms with van der Waals surface area (Å²) in [5.41, 5.74) is -0.608. The largest absolute Gasteiger partial charge is 0.480 e. The van der Waals surface area contributed by atoms with Crippen molar-refractivity contribution < 1.29 is 28.3 Å². The summed E-state index contributed by atoms with van der Waals surface area (Å²) in [5.74, 6) is -5.64. The van der Waals surface area contributed by atoms with Crippen LogP contribution in [0.3, 0.4) is 0 Å². The summed E-state index contributed by atoms with van der Waals surface area (Å²) in [6.45, 7) is 1.84. The average Bonchev–Trinajstić information content (AvgIpc) is 2.65. The predicted molar refractivity (Wildman–Crippen MR) is 67.8 cm³/mol. The first kappa shape index (κ1) is 15.1. The molecule has 0 saturated carbocycles. The predicted octanol–water partition coefficient (Wildman–Crippen LogP) is 2.20. The number of hydrogen-bond donors (Lipinski definition) is 1. The van der Waals surface area contributed by atoms with Crippen molar-refractivity contribution in [1.82, 2.24) is 4.90 Å². The minimum absolute atomic E-state index is 0.0995. The van der Waals surface area contributed by atoms with Crippen LogP contribution in [0.1, 0.15) is 46.9 Å². The fraction of sp³-hybridized carbons (Fsp3) is 0.357. The number of carbonyl (C=O) groups excluding carboxylic acids is 2. The maximum absolute atomic E-state index is 13.2. The summed E-state index contributed by atoms with van der Waals surface area (Å²) < 4.78 is 26.4. The zero-order valence-electron chi connectivity index (χ0n) is 11.2. The molecule has 1 heterocycles. The Kier molecular flexibility index (Phi) is 4.02. The molecule has 5 nitrogen and oxygen atoms in total. The quantitative estimate of drug-likeness (QED) is 0.845. The standard InChI is InChI=1S/C14H13F2NO4/c1-2-3-4-11(14(20)21)17-12(18)7-5-9(15)10(16)6-8(7)13(17)19/h5-6,11H,2-4H2,1H3,(H,20,21). The second-order valence-corrected chi connectivity index (χ2v) is 4.79. The van der Waals surface area contributed by atoms with Crippen molar-refractivity contribution in [3.8, 4) is 0 Å². The van der Waals surface area contributed by atoms with Crippen molar-refractivity contribution in [1.29, 1.82) is 0 Å². The third kappa shape index (κ3) is 2.51. The monoisotopic (exact) mass is 297 g/mol. The lowest BCUT2D eigenvalue weighted by atomic mass is 10.1. The van der Waals surface area contributed by atoms with Crippen LogP contribution in [-0.4, -0.2) is 33.8 Å². The summed E-state index contributed by atoms with van der Waals surface area (Å²) >= 11 is 0. The highest BCUT2D eigenvalue weighted by molar-refractivity contribution is 6.22. The molecule has 1 atom stereocenters. The van der Waals surface area contributed by atoms with Crippen molar-refractivity contribution >= 4 is 17.8 Å². The summed E-state index contributed by atoms with van der Waals surface area (Å²) in [5, 5.41) is 9.19. The lowest BCUT2D eigenvalue weighted by Crippen LogP contribution is -2.44. The van der Waals surface area contributed by atoms with E-state index in [0.29, 0.717) is 29.9 Å².